The zero-order valence-electron chi connectivity index (χ0n) is 34.1. The smallest absolute Gasteiger partial charge is 0.120 e. The fourth-order valence-electron chi connectivity index (χ4n) is 6.62. The molecule has 0 radical (unpaired) electrons. The van der Waals surface area contributed by atoms with Gasteiger partial charge in [0.1, 0.15) is 24.7 Å². The minimum atomic E-state index is -0.556. The van der Waals surface area contributed by atoms with E-state index in [1.54, 1.807) is 12.2 Å². The van der Waals surface area contributed by atoms with Gasteiger partial charge in [0, 0.05) is 0 Å². The molecule has 4 aromatic carbocycles. The molecule has 0 aromatic heterocycles. The molecule has 0 heterocycles. The van der Waals surface area contributed by atoms with Crippen LogP contribution in [-0.4, -0.2) is 37.6 Å². The fourth-order valence-corrected chi connectivity index (χ4v) is 6.62. The summed E-state index contributed by atoms with van der Waals surface area (Å²) in [5.74, 6) is 1.55. The lowest BCUT2D eigenvalue weighted by molar-refractivity contribution is -0.0239. The van der Waals surface area contributed by atoms with Gasteiger partial charge in [-0.2, -0.15) is 0 Å². The molecule has 1 unspecified atom stereocenters. The highest BCUT2D eigenvalue weighted by atomic mass is 16.5. The van der Waals surface area contributed by atoms with Crippen LogP contribution in [0.2, 0.25) is 0 Å². The van der Waals surface area contributed by atoms with Gasteiger partial charge < -0.3 is 18.9 Å². The molecule has 0 N–H and O–H groups in total. The Morgan fingerprint density at radius 2 is 1.43 bits per heavy atom. The number of allylic oxidation sites excluding steroid dienone is 5. The van der Waals surface area contributed by atoms with Crippen LogP contribution in [0.1, 0.15) is 88.8 Å². The van der Waals surface area contributed by atoms with Gasteiger partial charge in [-0.05, 0) is 147 Å². The highest BCUT2D eigenvalue weighted by Gasteiger charge is 2.39. The van der Waals surface area contributed by atoms with Gasteiger partial charge >= 0.3 is 0 Å². The Bertz CT molecular complexity index is 2020. The molecular weight excluding hydrogens is 665 g/mol. The van der Waals surface area contributed by atoms with Gasteiger partial charge in [-0.25, -0.2) is 0 Å². The maximum atomic E-state index is 6.07. The standard InChI is InChI=1S/C48H54O4.C2H6/c1-10-12-13-16-36-30-40-17-14-15-18-45(40)48(34-36,41-22-19-37(35(3)29-41)32-43(11-2)49-25-27-51-46(4,5)6)42-23-20-39-33-44(24-21-38(39)31-42)50-26-28-52-47(7,8)9;1-2/h10-12,14-24,29,31-34H,1-2,25-28,30H2,3-9H3;1-2H3/b43-32+;. The summed E-state index contributed by atoms with van der Waals surface area (Å²) in [6.45, 7) is 28.3. The molecule has 0 spiro atoms. The minimum absolute atomic E-state index is 0.192. The van der Waals surface area contributed by atoms with Crippen LogP contribution in [-0.2, 0) is 26.0 Å². The Morgan fingerprint density at radius 1 is 0.778 bits per heavy atom. The van der Waals surface area contributed by atoms with E-state index in [1.807, 2.05) is 40.7 Å². The first-order chi connectivity index (χ1) is 25.8. The van der Waals surface area contributed by atoms with E-state index in [0.29, 0.717) is 32.2 Å². The molecular formula is C50H60O4. The van der Waals surface area contributed by atoms with Crippen LogP contribution < -0.4 is 4.74 Å². The first kappa shape index (κ1) is 41.9. The van der Waals surface area contributed by atoms with Crippen molar-refractivity contribution in [2.75, 3.05) is 26.4 Å². The van der Waals surface area contributed by atoms with Crippen LogP contribution >= 0.6 is 0 Å². The summed E-state index contributed by atoms with van der Waals surface area (Å²) in [5, 5.41) is 2.27. The molecule has 54 heavy (non-hydrogen) atoms. The summed E-state index contributed by atoms with van der Waals surface area (Å²) in [7, 11) is 0. The topological polar surface area (TPSA) is 36.9 Å². The lowest BCUT2D eigenvalue weighted by atomic mass is 9.63. The number of benzene rings is 4. The second-order valence-electron chi connectivity index (χ2n) is 15.2. The summed E-state index contributed by atoms with van der Waals surface area (Å²) >= 11 is 0. The van der Waals surface area contributed by atoms with Gasteiger partial charge in [-0.3, -0.25) is 0 Å². The van der Waals surface area contributed by atoms with Gasteiger partial charge in [-0.15, -0.1) is 5.73 Å². The summed E-state index contributed by atoms with van der Waals surface area (Å²) in [6.07, 6.45) is 12.8. The zero-order chi connectivity index (χ0) is 39.4. The van der Waals surface area contributed by atoms with Crippen LogP contribution in [0.4, 0.5) is 0 Å². The third kappa shape index (κ3) is 11.1. The summed E-state index contributed by atoms with van der Waals surface area (Å²) in [4.78, 5) is 0. The van der Waals surface area contributed by atoms with Crippen LogP contribution in [0, 0.1) is 6.92 Å². The van der Waals surface area contributed by atoms with E-state index in [0.717, 1.165) is 34.1 Å². The van der Waals surface area contributed by atoms with Gasteiger partial charge in [0.2, 0.25) is 0 Å². The van der Waals surface area contributed by atoms with Gasteiger partial charge in [0.05, 0.1) is 29.8 Å². The van der Waals surface area contributed by atoms with Crippen LogP contribution in [0.15, 0.2) is 139 Å². The number of ether oxygens (including phenoxy) is 4. The van der Waals surface area contributed by atoms with Crippen LogP contribution in [0.5, 0.6) is 5.75 Å². The Morgan fingerprint density at radius 3 is 2.11 bits per heavy atom. The van der Waals surface area contributed by atoms with Gasteiger partial charge in [0.15, 0.2) is 0 Å². The number of hydrogen-bond acceptors (Lipinski definition) is 4. The van der Waals surface area contributed by atoms with Crippen molar-refractivity contribution in [3.63, 3.8) is 0 Å². The molecule has 4 heteroatoms. The lowest BCUT2D eigenvalue weighted by Crippen LogP contribution is -2.31. The molecule has 0 saturated heterocycles. The van der Waals surface area contributed by atoms with E-state index in [2.05, 4.69) is 144 Å². The van der Waals surface area contributed by atoms with Crippen molar-refractivity contribution in [2.45, 2.75) is 85.4 Å². The largest absolute Gasteiger partial charge is 0.491 e. The third-order valence-electron chi connectivity index (χ3n) is 8.99. The highest BCUT2D eigenvalue weighted by Crippen LogP contribution is 2.47. The third-order valence-corrected chi connectivity index (χ3v) is 8.99. The summed E-state index contributed by atoms with van der Waals surface area (Å²) < 4.78 is 23.8. The average Bonchev–Trinajstić information content (AvgIpc) is 3.14. The number of rotatable bonds is 14. The zero-order valence-corrected chi connectivity index (χ0v) is 34.1. The maximum absolute atomic E-state index is 6.07. The molecule has 1 aliphatic rings. The van der Waals surface area contributed by atoms with E-state index < -0.39 is 5.41 Å². The Labute approximate surface area is 325 Å². The van der Waals surface area contributed by atoms with E-state index in [1.165, 1.54) is 27.8 Å². The van der Waals surface area contributed by atoms with Crippen molar-refractivity contribution in [2.24, 2.45) is 0 Å². The fraction of sp³-hybridized carbons (Fsp3) is 0.340. The predicted molar refractivity (Wildman–Crippen MR) is 228 cm³/mol. The molecule has 0 bridgehead atoms. The first-order valence-electron chi connectivity index (χ1n) is 19.2. The Kier molecular flexibility index (Phi) is 14.7. The SMILES string of the molecule is C=CC=C=CC1=CC(c2ccc(/C=C(\C=C)OCCOC(C)(C)C)c(C)c2)(c2ccc3cc(OCCOC(C)(C)C)ccc3c2)c2ccccc2C1.CC. The molecule has 0 fully saturated rings. The minimum Gasteiger partial charge on any atom is -0.491 e. The molecule has 4 nitrogen and oxygen atoms in total. The highest BCUT2D eigenvalue weighted by molar-refractivity contribution is 5.85. The molecule has 5 rings (SSSR count). The van der Waals surface area contributed by atoms with Crippen molar-refractivity contribution in [3.05, 3.63) is 173 Å². The molecule has 1 atom stereocenters. The van der Waals surface area contributed by atoms with E-state index in [4.69, 9.17) is 18.9 Å². The average molecular weight is 725 g/mol. The molecule has 4 aromatic rings. The van der Waals surface area contributed by atoms with Crippen molar-refractivity contribution in [1.82, 2.24) is 0 Å². The number of hydrogen-bond donors (Lipinski definition) is 0. The van der Waals surface area contributed by atoms with E-state index >= 15 is 0 Å². The van der Waals surface area contributed by atoms with E-state index in [-0.39, 0.29) is 11.2 Å². The normalized spacial score (nSPS) is 15.5. The molecule has 284 valence electrons. The summed E-state index contributed by atoms with van der Waals surface area (Å²) in [5.41, 5.74) is 10.7. The van der Waals surface area contributed by atoms with E-state index in [9.17, 15) is 0 Å². The number of aryl methyl sites for hydroxylation is 1. The second kappa shape index (κ2) is 18.9. The van der Waals surface area contributed by atoms with Crippen LogP contribution in [0.25, 0.3) is 16.8 Å². The molecule has 0 aliphatic heterocycles. The Hall–Kier alpha value is -4.86. The second-order valence-corrected chi connectivity index (χ2v) is 15.2. The number of fused-ring (bicyclic) bond motifs is 2. The monoisotopic (exact) mass is 724 g/mol. The van der Waals surface area contributed by atoms with Gasteiger partial charge in [-0.1, -0.05) is 99.8 Å². The first-order valence-corrected chi connectivity index (χ1v) is 19.2. The molecule has 1 aliphatic carbocycles. The van der Waals surface area contributed by atoms with Gasteiger partial charge in [0.25, 0.3) is 0 Å². The lowest BCUT2D eigenvalue weighted by Gasteiger charge is -2.39. The molecule has 0 amide bonds. The maximum Gasteiger partial charge on any atom is 0.120 e. The van der Waals surface area contributed by atoms with Crippen molar-refractivity contribution < 1.29 is 18.9 Å². The quantitative estimate of drug-likeness (QED) is 0.0561. The molecule has 0 saturated carbocycles. The van der Waals surface area contributed by atoms with Crippen molar-refractivity contribution >= 4 is 16.8 Å². The predicted octanol–water partition coefficient (Wildman–Crippen LogP) is 12.4. The summed E-state index contributed by atoms with van der Waals surface area (Å²) in [6, 6.07) is 28.7. The van der Waals surface area contributed by atoms with Crippen molar-refractivity contribution in [1.29, 1.82) is 0 Å². The van der Waals surface area contributed by atoms with Crippen LogP contribution in [0.3, 0.4) is 0 Å². The van der Waals surface area contributed by atoms with Crippen molar-refractivity contribution in [3.8, 4) is 5.75 Å². The Balaban J connectivity index is 0.00000319.